The highest BCUT2D eigenvalue weighted by Crippen LogP contribution is 2.28. The van der Waals surface area contributed by atoms with E-state index in [-0.39, 0.29) is 24.2 Å². The lowest BCUT2D eigenvalue weighted by atomic mass is 10.0. The van der Waals surface area contributed by atoms with Gasteiger partial charge in [0.1, 0.15) is 18.2 Å². The highest BCUT2D eigenvalue weighted by Gasteiger charge is 2.28. The van der Waals surface area contributed by atoms with Crippen molar-refractivity contribution in [2.24, 2.45) is 0 Å². The molecule has 2 aliphatic heterocycles. The second kappa shape index (κ2) is 9.47. The first-order chi connectivity index (χ1) is 15.0. The zero-order valence-corrected chi connectivity index (χ0v) is 17.8. The number of carbonyl (C=O) groups is 2. The van der Waals surface area contributed by atoms with E-state index in [1.54, 1.807) is 31.2 Å². The molecule has 0 atom stereocenters. The monoisotopic (exact) mass is 425 g/mol. The van der Waals surface area contributed by atoms with E-state index in [1.807, 2.05) is 17.0 Å². The van der Waals surface area contributed by atoms with Crippen LogP contribution in [0.1, 0.15) is 41.3 Å². The van der Waals surface area contributed by atoms with Gasteiger partial charge in [0.15, 0.2) is 0 Å². The minimum Gasteiger partial charge on any atom is -0.492 e. The summed E-state index contributed by atoms with van der Waals surface area (Å²) in [6.45, 7) is 5.43. The largest absolute Gasteiger partial charge is 0.492 e. The molecule has 7 heteroatoms. The molecular weight excluding hydrogens is 397 g/mol. The number of nitrogens with zero attached hydrogens (tertiary/aromatic N) is 2. The maximum Gasteiger partial charge on any atom is 0.251 e. The lowest BCUT2D eigenvalue weighted by Crippen LogP contribution is -2.46. The van der Waals surface area contributed by atoms with Crippen molar-refractivity contribution < 1.29 is 18.7 Å². The molecule has 1 N–H and O–H groups in total. The molecule has 0 spiro atoms. The first-order valence-electron chi connectivity index (χ1n) is 10.8. The van der Waals surface area contributed by atoms with Gasteiger partial charge in [-0.15, -0.1) is 0 Å². The normalized spacial score (nSPS) is 17.4. The van der Waals surface area contributed by atoms with Crippen molar-refractivity contribution in [1.82, 2.24) is 15.1 Å². The molecule has 0 aliphatic carbocycles. The van der Waals surface area contributed by atoms with Crippen molar-refractivity contribution in [2.45, 2.75) is 38.9 Å². The Morgan fingerprint density at radius 3 is 2.65 bits per heavy atom. The Kier molecular flexibility index (Phi) is 6.51. The summed E-state index contributed by atoms with van der Waals surface area (Å²) >= 11 is 0. The molecule has 0 radical (unpaired) electrons. The summed E-state index contributed by atoms with van der Waals surface area (Å²) in [5.41, 5.74) is 1.97. The number of fused-ring (bicyclic) bond motifs is 1. The molecule has 164 valence electrons. The number of nitrogens with one attached hydrogen (secondary N) is 1. The Bertz CT molecular complexity index is 957. The minimum atomic E-state index is -0.329. The number of halogens is 1. The first kappa shape index (κ1) is 21.3. The van der Waals surface area contributed by atoms with Gasteiger partial charge >= 0.3 is 0 Å². The van der Waals surface area contributed by atoms with Crippen LogP contribution in [0, 0.1) is 5.82 Å². The molecule has 2 aromatic carbocycles. The van der Waals surface area contributed by atoms with Gasteiger partial charge < -0.3 is 15.0 Å². The molecule has 0 aromatic heterocycles. The molecule has 2 amide bonds. The summed E-state index contributed by atoms with van der Waals surface area (Å²) in [5.74, 6) is 0.365. The van der Waals surface area contributed by atoms with E-state index in [0.29, 0.717) is 30.3 Å². The van der Waals surface area contributed by atoms with Gasteiger partial charge in [0, 0.05) is 62.4 Å². The van der Waals surface area contributed by atoms with Gasteiger partial charge in [-0.3, -0.25) is 14.5 Å². The molecule has 6 nitrogen and oxygen atoms in total. The van der Waals surface area contributed by atoms with Crippen LogP contribution in [0.2, 0.25) is 0 Å². The number of hydrogen-bond donors (Lipinski definition) is 1. The highest BCUT2D eigenvalue weighted by molar-refractivity contribution is 5.94. The van der Waals surface area contributed by atoms with E-state index >= 15 is 0 Å². The van der Waals surface area contributed by atoms with E-state index in [2.05, 4.69) is 10.2 Å². The van der Waals surface area contributed by atoms with Crippen LogP contribution < -0.4 is 10.1 Å². The Labute approximate surface area is 182 Å². The van der Waals surface area contributed by atoms with Crippen LogP contribution in [0.4, 0.5) is 4.39 Å². The zero-order valence-electron chi connectivity index (χ0n) is 17.8. The third-order valence-corrected chi connectivity index (χ3v) is 6.16. The molecule has 2 heterocycles. The van der Waals surface area contributed by atoms with E-state index < -0.39 is 0 Å². The number of hydrogen-bond acceptors (Lipinski definition) is 4. The number of ether oxygens (including phenoxy) is 1. The van der Waals surface area contributed by atoms with Gasteiger partial charge in [0.2, 0.25) is 5.91 Å². The quantitative estimate of drug-likeness (QED) is 0.818. The van der Waals surface area contributed by atoms with E-state index in [4.69, 9.17) is 4.74 Å². The Morgan fingerprint density at radius 1 is 1.13 bits per heavy atom. The van der Waals surface area contributed by atoms with Crippen molar-refractivity contribution in [3.63, 3.8) is 0 Å². The second-order valence-electron chi connectivity index (χ2n) is 8.15. The second-order valence-corrected chi connectivity index (χ2v) is 8.15. The summed E-state index contributed by atoms with van der Waals surface area (Å²) in [4.78, 5) is 28.5. The van der Waals surface area contributed by atoms with Gasteiger partial charge in [-0.05, 0) is 37.1 Å². The smallest absolute Gasteiger partial charge is 0.251 e. The van der Waals surface area contributed by atoms with Crippen molar-refractivity contribution in [1.29, 1.82) is 0 Å². The third kappa shape index (κ3) is 5.05. The van der Waals surface area contributed by atoms with Crippen molar-refractivity contribution >= 4 is 11.8 Å². The number of likely N-dealkylation sites (tertiary alicyclic amines) is 1. The fourth-order valence-corrected chi connectivity index (χ4v) is 4.33. The highest BCUT2D eigenvalue weighted by atomic mass is 19.1. The topological polar surface area (TPSA) is 61.9 Å². The van der Waals surface area contributed by atoms with Crippen LogP contribution in [0.3, 0.4) is 0 Å². The zero-order chi connectivity index (χ0) is 21.8. The van der Waals surface area contributed by atoms with Crippen molar-refractivity contribution in [2.75, 3.05) is 26.2 Å². The molecule has 2 aliphatic rings. The number of benzene rings is 2. The number of piperidine rings is 1. The predicted octanol–water partition coefficient (Wildman–Crippen LogP) is 2.96. The fraction of sp³-hybridized carbons (Fsp3) is 0.417. The number of rotatable bonds is 4. The molecule has 4 rings (SSSR count). The molecule has 2 aromatic rings. The van der Waals surface area contributed by atoms with Crippen LogP contribution in [-0.2, 0) is 17.9 Å². The lowest BCUT2D eigenvalue weighted by Gasteiger charge is -2.37. The summed E-state index contributed by atoms with van der Waals surface area (Å²) in [6, 6.07) is 12.3. The molecule has 0 bridgehead atoms. The maximum absolute atomic E-state index is 13.8. The fourth-order valence-electron chi connectivity index (χ4n) is 4.33. The molecular formula is C24H28FN3O3. The summed E-state index contributed by atoms with van der Waals surface area (Å²) in [7, 11) is 0. The standard InChI is InChI=1S/C24H28FN3O3/c1-17(29)27-10-8-21(9-11-27)28-12-13-31-23-7-6-18(14-20(23)16-28)24(30)26-15-19-4-2-3-5-22(19)25/h2-7,14,21H,8-13,15-16H2,1H3,(H,26,30). The summed E-state index contributed by atoms with van der Waals surface area (Å²) < 4.78 is 19.7. The van der Waals surface area contributed by atoms with Gasteiger partial charge in [-0.25, -0.2) is 4.39 Å². The molecule has 1 saturated heterocycles. The van der Waals surface area contributed by atoms with Gasteiger partial charge in [-0.2, -0.15) is 0 Å². The molecule has 0 saturated carbocycles. The van der Waals surface area contributed by atoms with Crippen molar-refractivity contribution in [3.8, 4) is 5.75 Å². The van der Waals surface area contributed by atoms with Crippen LogP contribution in [0.5, 0.6) is 5.75 Å². The van der Waals surface area contributed by atoms with E-state index in [1.165, 1.54) is 6.07 Å². The molecule has 0 unspecified atom stereocenters. The summed E-state index contributed by atoms with van der Waals surface area (Å²) in [6.07, 6.45) is 1.88. The first-order valence-corrected chi connectivity index (χ1v) is 10.8. The Balaban J connectivity index is 1.42. The van der Waals surface area contributed by atoms with Crippen LogP contribution >= 0.6 is 0 Å². The van der Waals surface area contributed by atoms with Crippen LogP contribution in [0.15, 0.2) is 42.5 Å². The average Bonchev–Trinajstić information content (AvgIpc) is 3.00. The summed E-state index contributed by atoms with van der Waals surface area (Å²) in [5, 5.41) is 2.80. The lowest BCUT2D eigenvalue weighted by molar-refractivity contribution is -0.130. The van der Waals surface area contributed by atoms with Crippen LogP contribution in [0.25, 0.3) is 0 Å². The Hall–Kier alpha value is -2.93. The van der Waals surface area contributed by atoms with Crippen LogP contribution in [-0.4, -0.2) is 53.9 Å². The number of carbonyl (C=O) groups excluding carboxylic acids is 2. The molecule has 31 heavy (non-hydrogen) atoms. The maximum atomic E-state index is 13.8. The third-order valence-electron chi connectivity index (χ3n) is 6.16. The average molecular weight is 426 g/mol. The minimum absolute atomic E-state index is 0.133. The SMILES string of the molecule is CC(=O)N1CCC(N2CCOc3ccc(C(=O)NCc4ccccc4F)cc3C2)CC1. The van der Waals surface area contributed by atoms with Gasteiger partial charge in [0.05, 0.1) is 0 Å². The van der Waals surface area contributed by atoms with Gasteiger partial charge in [-0.1, -0.05) is 18.2 Å². The van der Waals surface area contributed by atoms with Crippen molar-refractivity contribution in [3.05, 3.63) is 65.0 Å². The predicted molar refractivity (Wildman–Crippen MR) is 115 cm³/mol. The number of amides is 2. The van der Waals surface area contributed by atoms with E-state index in [9.17, 15) is 14.0 Å². The van der Waals surface area contributed by atoms with E-state index in [0.717, 1.165) is 43.8 Å². The Morgan fingerprint density at radius 2 is 1.90 bits per heavy atom. The molecule has 1 fully saturated rings. The van der Waals surface area contributed by atoms with Gasteiger partial charge in [0.25, 0.3) is 5.91 Å².